The predicted molar refractivity (Wildman–Crippen MR) is 162 cm³/mol. The minimum absolute atomic E-state index is 0.0423. The minimum Gasteiger partial charge on any atom is -0.490 e. The molecule has 0 aromatic heterocycles. The first kappa shape index (κ1) is 29.3. The van der Waals surface area contributed by atoms with Crippen LogP contribution in [0.3, 0.4) is 0 Å². The molecular weight excluding hydrogens is 536 g/mol. The van der Waals surface area contributed by atoms with Crippen LogP contribution in [-0.4, -0.2) is 12.5 Å². The molecule has 1 N–H and O–H groups in total. The van der Waals surface area contributed by atoms with Gasteiger partial charge >= 0.3 is 0 Å². The Morgan fingerprint density at radius 3 is 2.22 bits per heavy atom. The van der Waals surface area contributed by atoms with Gasteiger partial charge in [0.05, 0.1) is 6.61 Å². The summed E-state index contributed by atoms with van der Waals surface area (Å²) in [5.74, 6) is 1.26. The van der Waals surface area contributed by atoms with Gasteiger partial charge in [-0.3, -0.25) is 4.79 Å². The molecule has 1 amide bonds. The summed E-state index contributed by atoms with van der Waals surface area (Å²) in [6.45, 7) is 7.26. The van der Waals surface area contributed by atoms with Crippen molar-refractivity contribution in [1.82, 2.24) is 0 Å². The smallest absolute Gasteiger partial charge is 0.266 e. The van der Waals surface area contributed by atoms with Crippen LogP contribution in [0.4, 0.5) is 5.69 Å². The quantitative estimate of drug-likeness (QED) is 0.147. The van der Waals surface area contributed by atoms with Gasteiger partial charge in [0.2, 0.25) is 0 Å². The van der Waals surface area contributed by atoms with Crippen molar-refractivity contribution in [3.63, 3.8) is 0 Å². The third-order valence-corrected chi connectivity index (χ3v) is 6.59. The normalized spacial score (nSPS) is 11.0. The summed E-state index contributed by atoms with van der Waals surface area (Å²) in [6, 6.07) is 27.9. The van der Waals surface area contributed by atoms with E-state index in [1.807, 2.05) is 43.3 Å². The van der Waals surface area contributed by atoms with Crippen molar-refractivity contribution in [1.29, 1.82) is 5.26 Å². The monoisotopic (exact) mass is 566 g/mol. The second kappa shape index (κ2) is 14.1. The van der Waals surface area contributed by atoms with Gasteiger partial charge < -0.3 is 19.5 Å². The van der Waals surface area contributed by atoms with Crippen LogP contribution in [0.5, 0.6) is 17.2 Å². The van der Waals surface area contributed by atoms with Crippen LogP contribution >= 0.6 is 11.6 Å². The Morgan fingerprint density at radius 2 is 1.54 bits per heavy atom. The van der Waals surface area contributed by atoms with Crippen LogP contribution in [0, 0.1) is 25.2 Å². The number of amides is 1. The highest BCUT2D eigenvalue weighted by molar-refractivity contribution is 6.30. The molecule has 0 aliphatic rings. The molecule has 208 valence electrons. The van der Waals surface area contributed by atoms with Gasteiger partial charge in [-0.25, -0.2) is 0 Å². The van der Waals surface area contributed by atoms with E-state index in [1.54, 1.807) is 42.5 Å². The van der Waals surface area contributed by atoms with Crippen LogP contribution in [0.2, 0.25) is 5.02 Å². The van der Waals surface area contributed by atoms with Crippen molar-refractivity contribution in [3.05, 3.63) is 123 Å². The number of nitriles is 1. The van der Waals surface area contributed by atoms with E-state index in [4.69, 9.17) is 25.8 Å². The molecule has 6 nitrogen and oxygen atoms in total. The van der Waals surface area contributed by atoms with Gasteiger partial charge in [-0.1, -0.05) is 48.0 Å². The van der Waals surface area contributed by atoms with Gasteiger partial charge in [-0.05, 0) is 103 Å². The van der Waals surface area contributed by atoms with Crippen LogP contribution < -0.4 is 19.5 Å². The average Bonchev–Trinajstić information content (AvgIpc) is 2.97. The number of rotatable bonds is 11. The fourth-order valence-corrected chi connectivity index (χ4v) is 4.08. The van der Waals surface area contributed by atoms with E-state index in [2.05, 4.69) is 31.3 Å². The number of ether oxygens (including phenoxy) is 3. The van der Waals surface area contributed by atoms with E-state index >= 15 is 0 Å². The van der Waals surface area contributed by atoms with Crippen molar-refractivity contribution in [2.24, 2.45) is 0 Å². The van der Waals surface area contributed by atoms with Gasteiger partial charge in [-0.15, -0.1) is 0 Å². The lowest BCUT2D eigenvalue weighted by molar-refractivity contribution is -0.112. The molecule has 0 atom stereocenters. The summed E-state index contributed by atoms with van der Waals surface area (Å²) in [5.41, 5.74) is 5.63. The number of hydrogen-bond acceptors (Lipinski definition) is 5. The zero-order valence-electron chi connectivity index (χ0n) is 23.2. The Bertz CT molecular complexity index is 1570. The number of carbonyl (C=O) groups is 1. The number of nitrogens with zero attached hydrogens (tertiary/aromatic N) is 1. The van der Waals surface area contributed by atoms with Crippen LogP contribution in [0.25, 0.3) is 6.08 Å². The molecule has 0 unspecified atom stereocenters. The zero-order valence-corrected chi connectivity index (χ0v) is 24.0. The first-order chi connectivity index (χ1) is 19.8. The van der Waals surface area contributed by atoms with Crippen molar-refractivity contribution < 1.29 is 19.0 Å². The highest BCUT2D eigenvalue weighted by atomic mass is 35.5. The second-order valence-electron chi connectivity index (χ2n) is 9.41. The van der Waals surface area contributed by atoms with Crippen LogP contribution in [0.1, 0.15) is 34.7 Å². The largest absolute Gasteiger partial charge is 0.490 e. The van der Waals surface area contributed by atoms with E-state index in [0.717, 1.165) is 11.1 Å². The van der Waals surface area contributed by atoms with Crippen LogP contribution in [0.15, 0.2) is 90.5 Å². The third kappa shape index (κ3) is 8.38. The maximum absolute atomic E-state index is 12.9. The number of halogens is 1. The van der Waals surface area contributed by atoms with E-state index in [1.165, 1.54) is 17.2 Å². The molecule has 0 spiro atoms. The van der Waals surface area contributed by atoms with E-state index < -0.39 is 5.91 Å². The van der Waals surface area contributed by atoms with Gasteiger partial charge in [-0.2, -0.15) is 5.26 Å². The molecule has 0 fully saturated rings. The molecule has 0 heterocycles. The average molecular weight is 567 g/mol. The fourth-order valence-electron chi connectivity index (χ4n) is 3.95. The molecule has 0 saturated heterocycles. The van der Waals surface area contributed by atoms with Gasteiger partial charge in [0.1, 0.15) is 30.6 Å². The molecule has 41 heavy (non-hydrogen) atoms. The molecular formula is C34H31ClN2O4. The van der Waals surface area contributed by atoms with Crippen molar-refractivity contribution in [2.75, 3.05) is 11.9 Å². The molecule has 4 aromatic rings. The van der Waals surface area contributed by atoms with Gasteiger partial charge in [0.15, 0.2) is 11.5 Å². The summed E-state index contributed by atoms with van der Waals surface area (Å²) in [7, 11) is 0. The predicted octanol–water partition coefficient (Wildman–Crippen LogP) is 8.06. The lowest BCUT2D eigenvalue weighted by Crippen LogP contribution is -2.13. The van der Waals surface area contributed by atoms with Gasteiger partial charge in [0.25, 0.3) is 5.91 Å². The third-order valence-electron chi connectivity index (χ3n) is 6.34. The number of carbonyl (C=O) groups excluding carboxylic acids is 1. The molecule has 4 aromatic carbocycles. The van der Waals surface area contributed by atoms with Crippen molar-refractivity contribution >= 4 is 29.3 Å². The first-order valence-corrected chi connectivity index (χ1v) is 13.6. The topological polar surface area (TPSA) is 80.6 Å². The molecule has 4 rings (SSSR count). The Labute approximate surface area is 245 Å². The second-order valence-corrected chi connectivity index (χ2v) is 9.85. The van der Waals surface area contributed by atoms with E-state index in [9.17, 15) is 10.1 Å². The summed E-state index contributed by atoms with van der Waals surface area (Å²) < 4.78 is 17.6. The number of anilines is 1. The highest BCUT2D eigenvalue weighted by Crippen LogP contribution is 2.30. The van der Waals surface area contributed by atoms with Crippen LogP contribution in [-0.2, 0) is 18.0 Å². The fraction of sp³-hybridized carbons (Fsp3) is 0.176. The SMILES string of the molecule is CCOc1cc(/C=C(\C#N)C(=O)Nc2ccc(OCc3ccc(Cl)cc3)cc2)ccc1OCc1ccc(C)c(C)c1. The number of benzene rings is 4. The summed E-state index contributed by atoms with van der Waals surface area (Å²) in [4.78, 5) is 12.9. The number of hydrogen-bond donors (Lipinski definition) is 1. The lowest BCUT2D eigenvalue weighted by Gasteiger charge is -2.13. The lowest BCUT2D eigenvalue weighted by atomic mass is 10.1. The highest BCUT2D eigenvalue weighted by Gasteiger charge is 2.12. The first-order valence-electron chi connectivity index (χ1n) is 13.2. The summed E-state index contributed by atoms with van der Waals surface area (Å²) in [6.07, 6.45) is 1.52. The van der Waals surface area contributed by atoms with E-state index in [0.29, 0.717) is 53.3 Å². The summed E-state index contributed by atoms with van der Waals surface area (Å²) in [5, 5.41) is 13.1. The minimum atomic E-state index is -0.518. The Kier molecular flexibility index (Phi) is 10.0. The van der Waals surface area contributed by atoms with Gasteiger partial charge in [0, 0.05) is 10.7 Å². The maximum Gasteiger partial charge on any atom is 0.266 e. The summed E-state index contributed by atoms with van der Waals surface area (Å²) >= 11 is 5.92. The Hall–Kier alpha value is -4.73. The molecule has 7 heteroatoms. The Balaban J connectivity index is 1.40. The standard InChI is InChI=1S/C34H31ClN2O4/c1-4-39-33-19-26(9-16-32(33)41-22-27-6-5-23(2)24(3)17-27)18-28(20-36)34(38)37-30-12-14-31(15-13-30)40-21-25-7-10-29(35)11-8-25/h5-19H,4,21-22H2,1-3H3,(H,37,38)/b28-18+. The Morgan fingerprint density at radius 1 is 0.829 bits per heavy atom. The molecule has 0 saturated carbocycles. The molecule has 0 radical (unpaired) electrons. The molecule has 0 bridgehead atoms. The zero-order chi connectivity index (χ0) is 29.2. The molecule has 0 aliphatic carbocycles. The van der Waals surface area contributed by atoms with E-state index in [-0.39, 0.29) is 5.57 Å². The van der Waals surface area contributed by atoms with Crippen molar-refractivity contribution in [2.45, 2.75) is 34.0 Å². The molecule has 0 aliphatic heterocycles. The number of nitrogens with one attached hydrogen (secondary N) is 1. The van der Waals surface area contributed by atoms with Crippen molar-refractivity contribution in [3.8, 4) is 23.3 Å². The maximum atomic E-state index is 12.9. The number of aryl methyl sites for hydroxylation is 2.